The van der Waals surface area contributed by atoms with Crippen molar-refractivity contribution in [2.75, 3.05) is 31.3 Å². The second-order valence-corrected chi connectivity index (χ2v) is 6.22. The first kappa shape index (κ1) is 16.6. The molecule has 0 unspecified atom stereocenters. The number of methoxy groups -OCH3 is 1. The number of rotatable bonds is 8. The Labute approximate surface area is 122 Å². The predicted octanol–water partition coefficient (Wildman–Crippen LogP) is 3.53. The molecule has 0 amide bonds. The molecule has 0 radical (unpaired) electrons. The van der Waals surface area contributed by atoms with E-state index < -0.39 is 0 Å². The normalized spacial score (nSPS) is 11.7. The second kappa shape index (κ2) is 7.39. The highest BCUT2D eigenvalue weighted by atomic mass is 16.5. The number of nitrogens with one attached hydrogen (secondary N) is 1. The highest BCUT2D eigenvalue weighted by molar-refractivity contribution is 5.59. The molecule has 114 valence electrons. The number of hydrogen-bond donors (Lipinski definition) is 2. The molecule has 0 aliphatic carbocycles. The lowest BCUT2D eigenvalue weighted by molar-refractivity contribution is 0.157. The van der Waals surface area contributed by atoms with E-state index in [2.05, 4.69) is 19.2 Å². The average molecular weight is 280 g/mol. The Morgan fingerprint density at radius 2 is 1.95 bits per heavy atom. The molecule has 0 fully saturated rings. The monoisotopic (exact) mass is 280 g/mol. The fraction of sp³-hybridized carbons (Fsp3) is 0.625. The van der Waals surface area contributed by atoms with Crippen LogP contribution in [0.3, 0.4) is 0 Å². The molecule has 0 atom stereocenters. The van der Waals surface area contributed by atoms with Crippen molar-refractivity contribution in [3.8, 4) is 5.75 Å². The van der Waals surface area contributed by atoms with Crippen LogP contribution in [0.1, 0.15) is 34.1 Å². The maximum Gasteiger partial charge on any atom is 0.123 e. The van der Waals surface area contributed by atoms with Crippen LogP contribution in [0.2, 0.25) is 0 Å². The van der Waals surface area contributed by atoms with Crippen molar-refractivity contribution in [2.24, 2.45) is 5.41 Å². The number of ether oxygens (including phenoxy) is 2. The fourth-order valence-corrected chi connectivity index (χ4v) is 1.87. The molecule has 0 bridgehead atoms. The van der Waals surface area contributed by atoms with Gasteiger partial charge in [-0.2, -0.15) is 0 Å². The molecular weight excluding hydrogens is 252 g/mol. The van der Waals surface area contributed by atoms with Crippen LogP contribution in [0.25, 0.3) is 0 Å². The summed E-state index contributed by atoms with van der Waals surface area (Å²) in [5, 5.41) is 3.43. The van der Waals surface area contributed by atoms with Crippen LogP contribution in [0.5, 0.6) is 5.75 Å². The first-order chi connectivity index (χ1) is 9.32. The van der Waals surface area contributed by atoms with Crippen molar-refractivity contribution in [3.05, 3.63) is 18.2 Å². The summed E-state index contributed by atoms with van der Waals surface area (Å²) in [4.78, 5) is 0. The van der Waals surface area contributed by atoms with Gasteiger partial charge in [-0.1, -0.05) is 13.8 Å². The predicted molar refractivity (Wildman–Crippen MR) is 85.4 cm³/mol. The Hall–Kier alpha value is -1.42. The van der Waals surface area contributed by atoms with Crippen molar-refractivity contribution >= 4 is 11.4 Å². The molecule has 0 saturated carbocycles. The van der Waals surface area contributed by atoms with Crippen LogP contribution in [0.4, 0.5) is 11.4 Å². The van der Waals surface area contributed by atoms with Crippen molar-refractivity contribution in [2.45, 2.75) is 40.2 Å². The van der Waals surface area contributed by atoms with Crippen molar-refractivity contribution < 1.29 is 9.47 Å². The van der Waals surface area contributed by atoms with Crippen LogP contribution < -0.4 is 15.8 Å². The molecule has 1 aromatic carbocycles. The van der Waals surface area contributed by atoms with Gasteiger partial charge >= 0.3 is 0 Å². The van der Waals surface area contributed by atoms with Gasteiger partial charge in [0.05, 0.1) is 6.10 Å². The van der Waals surface area contributed by atoms with Gasteiger partial charge in [-0.05, 0) is 31.7 Å². The van der Waals surface area contributed by atoms with E-state index in [1.54, 1.807) is 7.11 Å². The Balaban J connectivity index is 2.65. The Bertz CT molecular complexity index is 417. The zero-order valence-corrected chi connectivity index (χ0v) is 13.3. The molecule has 4 heteroatoms. The van der Waals surface area contributed by atoms with E-state index in [1.807, 2.05) is 32.0 Å². The lowest BCUT2D eigenvalue weighted by Gasteiger charge is -2.25. The van der Waals surface area contributed by atoms with E-state index in [-0.39, 0.29) is 11.5 Å². The maximum absolute atomic E-state index is 5.91. The summed E-state index contributed by atoms with van der Waals surface area (Å²) in [7, 11) is 1.73. The van der Waals surface area contributed by atoms with Gasteiger partial charge in [-0.25, -0.2) is 0 Å². The Kier molecular flexibility index (Phi) is 6.14. The zero-order chi connectivity index (χ0) is 15.2. The third-order valence-electron chi connectivity index (χ3n) is 3.05. The highest BCUT2D eigenvalue weighted by Gasteiger charge is 2.17. The van der Waals surface area contributed by atoms with Crippen LogP contribution in [0, 0.1) is 5.41 Å². The first-order valence-corrected chi connectivity index (χ1v) is 7.12. The third kappa shape index (κ3) is 6.15. The van der Waals surface area contributed by atoms with Gasteiger partial charge < -0.3 is 20.5 Å². The van der Waals surface area contributed by atoms with Crippen molar-refractivity contribution in [3.63, 3.8) is 0 Å². The summed E-state index contributed by atoms with van der Waals surface area (Å²) < 4.78 is 10.8. The molecule has 3 N–H and O–H groups in total. The SMILES string of the molecule is COCCC(C)(C)CNc1cc(N)cc(OC(C)C)c1. The molecule has 20 heavy (non-hydrogen) atoms. The minimum atomic E-state index is 0.141. The summed E-state index contributed by atoms with van der Waals surface area (Å²) in [5.74, 6) is 0.803. The molecular formula is C16H28N2O2. The lowest BCUT2D eigenvalue weighted by Crippen LogP contribution is -2.24. The molecule has 0 aliphatic rings. The van der Waals surface area contributed by atoms with Gasteiger partial charge in [-0.15, -0.1) is 0 Å². The van der Waals surface area contributed by atoms with E-state index in [4.69, 9.17) is 15.2 Å². The van der Waals surface area contributed by atoms with E-state index >= 15 is 0 Å². The fourth-order valence-electron chi connectivity index (χ4n) is 1.87. The van der Waals surface area contributed by atoms with E-state index in [0.717, 1.165) is 31.0 Å². The summed E-state index contributed by atoms with van der Waals surface area (Å²) >= 11 is 0. The average Bonchev–Trinajstić information content (AvgIpc) is 2.33. The van der Waals surface area contributed by atoms with Gasteiger partial charge in [0.25, 0.3) is 0 Å². The summed E-state index contributed by atoms with van der Waals surface area (Å²) in [6, 6.07) is 5.77. The number of anilines is 2. The van der Waals surface area contributed by atoms with Crippen LogP contribution >= 0.6 is 0 Å². The third-order valence-corrected chi connectivity index (χ3v) is 3.05. The molecule has 4 nitrogen and oxygen atoms in total. The Morgan fingerprint density at radius 1 is 1.25 bits per heavy atom. The summed E-state index contributed by atoms with van der Waals surface area (Å²) in [5.41, 5.74) is 7.78. The molecule has 1 aromatic rings. The highest BCUT2D eigenvalue weighted by Crippen LogP contribution is 2.26. The minimum absolute atomic E-state index is 0.141. The van der Waals surface area contributed by atoms with Crippen LogP contribution in [0.15, 0.2) is 18.2 Å². The maximum atomic E-state index is 5.91. The van der Waals surface area contributed by atoms with Gasteiger partial charge in [0.15, 0.2) is 0 Å². The van der Waals surface area contributed by atoms with E-state index in [1.165, 1.54) is 0 Å². The smallest absolute Gasteiger partial charge is 0.123 e. The topological polar surface area (TPSA) is 56.5 Å². The molecule has 1 rings (SSSR count). The van der Waals surface area contributed by atoms with Crippen molar-refractivity contribution in [1.82, 2.24) is 0 Å². The first-order valence-electron chi connectivity index (χ1n) is 7.12. The lowest BCUT2D eigenvalue weighted by atomic mass is 9.89. The molecule has 0 spiro atoms. The largest absolute Gasteiger partial charge is 0.491 e. The second-order valence-electron chi connectivity index (χ2n) is 6.22. The summed E-state index contributed by atoms with van der Waals surface area (Å²) in [6.07, 6.45) is 1.15. The number of nitrogen functional groups attached to an aromatic ring is 1. The standard InChI is InChI=1S/C16H28N2O2/c1-12(2)20-15-9-13(17)8-14(10-15)18-11-16(3,4)6-7-19-5/h8-10,12,18H,6-7,11,17H2,1-5H3. The molecule has 0 heterocycles. The van der Waals surface area contributed by atoms with Crippen LogP contribution in [-0.4, -0.2) is 26.4 Å². The number of nitrogens with two attached hydrogens (primary N) is 1. The number of hydrogen-bond acceptors (Lipinski definition) is 4. The minimum Gasteiger partial charge on any atom is -0.491 e. The van der Waals surface area contributed by atoms with Crippen LogP contribution in [-0.2, 0) is 4.74 Å². The molecule has 0 aliphatic heterocycles. The Morgan fingerprint density at radius 3 is 2.55 bits per heavy atom. The van der Waals surface area contributed by atoms with Gasteiger partial charge in [-0.3, -0.25) is 0 Å². The molecule has 0 aromatic heterocycles. The van der Waals surface area contributed by atoms with Gasteiger partial charge in [0.2, 0.25) is 0 Å². The zero-order valence-electron chi connectivity index (χ0n) is 13.3. The molecule has 0 saturated heterocycles. The van der Waals surface area contributed by atoms with Gasteiger partial charge in [0.1, 0.15) is 5.75 Å². The summed E-state index contributed by atoms with van der Waals surface area (Å²) in [6.45, 7) is 10.1. The van der Waals surface area contributed by atoms with E-state index in [9.17, 15) is 0 Å². The van der Waals surface area contributed by atoms with Crippen molar-refractivity contribution in [1.29, 1.82) is 0 Å². The number of benzene rings is 1. The quantitative estimate of drug-likeness (QED) is 0.715. The van der Waals surface area contributed by atoms with Gasteiger partial charge in [0, 0.05) is 43.8 Å². The van der Waals surface area contributed by atoms with E-state index in [0.29, 0.717) is 5.69 Å².